The molecule has 158 valence electrons. The standard InChI is InChI=1S/C23H23ClN6O/c1-29-15-18(12-27-29)16-2-4-17(5-3-16)19-13-25-14-20(24)21(19)30-10-7-23(8-11-30)6-9-26-28-22(23)31/h2-5,12-15H,6-11H2,1H3. The first-order valence-corrected chi connectivity index (χ1v) is 10.8. The van der Waals surface area contributed by atoms with Crippen LogP contribution >= 0.6 is 11.6 Å². The molecular weight excluding hydrogens is 412 g/mol. The van der Waals surface area contributed by atoms with E-state index in [1.165, 1.54) is 0 Å². The van der Waals surface area contributed by atoms with Crippen LogP contribution in [0.1, 0.15) is 19.3 Å². The summed E-state index contributed by atoms with van der Waals surface area (Å²) >= 11 is 6.63. The summed E-state index contributed by atoms with van der Waals surface area (Å²) < 4.78 is 1.80. The molecule has 5 rings (SSSR count). The van der Waals surface area contributed by atoms with E-state index in [-0.39, 0.29) is 11.3 Å². The molecule has 1 saturated heterocycles. The molecule has 2 aromatic heterocycles. The van der Waals surface area contributed by atoms with Crippen molar-refractivity contribution in [2.45, 2.75) is 19.3 Å². The molecule has 7 nitrogen and oxygen atoms in total. The summed E-state index contributed by atoms with van der Waals surface area (Å²) in [5.41, 5.74) is 4.86. The normalized spacial score (nSPS) is 18.0. The predicted molar refractivity (Wildman–Crippen MR) is 120 cm³/mol. The fourth-order valence-corrected chi connectivity index (χ4v) is 4.86. The number of nitrogens with zero attached hydrogens (tertiary/aromatic N) is 6. The van der Waals surface area contributed by atoms with Crippen LogP contribution in [0.3, 0.4) is 0 Å². The molecule has 0 bridgehead atoms. The van der Waals surface area contributed by atoms with Crippen molar-refractivity contribution in [3.63, 3.8) is 0 Å². The van der Waals surface area contributed by atoms with E-state index in [0.29, 0.717) is 11.6 Å². The molecule has 1 fully saturated rings. The van der Waals surface area contributed by atoms with Crippen molar-refractivity contribution in [1.29, 1.82) is 0 Å². The highest BCUT2D eigenvalue weighted by molar-refractivity contribution is 6.33. The lowest BCUT2D eigenvalue weighted by atomic mass is 9.74. The molecule has 3 aromatic rings. The van der Waals surface area contributed by atoms with Crippen molar-refractivity contribution in [2.75, 3.05) is 24.5 Å². The Kier molecular flexibility index (Phi) is 5.06. The number of pyridine rings is 1. The van der Waals surface area contributed by atoms with Crippen LogP contribution in [0, 0.1) is 5.41 Å². The molecule has 2 aliphatic heterocycles. The lowest BCUT2D eigenvalue weighted by Crippen LogP contribution is -2.45. The molecule has 0 N–H and O–H groups in total. The van der Waals surface area contributed by atoms with Gasteiger partial charge in [-0.05, 0) is 30.4 Å². The van der Waals surface area contributed by atoms with Crippen LogP contribution in [-0.2, 0) is 11.8 Å². The molecule has 0 aliphatic carbocycles. The Bertz CT molecular complexity index is 1150. The molecule has 0 saturated carbocycles. The molecule has 0 unspecified atom stereocenters. The highest BCUT2D eigenvalue weighted by Crippen LogP contribution is 2.43. The number of hydrogen-bond donors (Lipinski definition) is 0. The van der Waals surface area contributed by atoms with E-state index in [0.717, 1.165) is 60.3 Å². The van der Waals surface area contributed by atoms with Gasteiger partial charge in [0.25, 0.3) is 5.91 Å². The number of aryl methyl sites for hydroxylation is 1. The van der Waals surface area contributed by atoms with Gasteiger partial charge in [0.2, 0.25) is 0 Å². The van der Waals surface area contributed by atoms with E-state index < -0.39 is 0 Å². The van der Waals surface area contributed by atoms with Gasteiger partial charge in [-0.25, -0.2) is 0 Å². The molecule has 0 atom stereocenters. The third-order valence-electron chi connectivity index (χ3n) is 6.45. The SMILES string of the molecule is Cn1cc(-c2ccc(-c3cncc(Cl)c3N3CCC4(CCN=NC4=O)CC3)cc2)cn1. The molecule has 1 aromatic carbocycles. The highest BCUT2D eigenvalue weighted by Gasteiger charge is 2.43. The Morgan fingerprint density at radius 2 is 1.71 bits per heavy atom. The van der Waals surface area contributed by atoms with Gasteiger partial charge in [-0.15, -0.1) is 5.11 Å². The number of benzene rings is 1. The number of amides is 1. The van der Waals surface area contributed by atoms with Crippen LogP contribution < -0.4 is 4.90 Å². The molecule has 1 spiro atoms. The number of carbonyl (C=O) groups excluding carboxylic acids is 1. The van der Waals surface area contributed by atoms with Gasteiger partial charge in [0.15, 0.2) is 0 Å². The second kappa shape index (κ2) is 7.89. The first-order valence-electron chi connectivity index (χ1n) is 10.5. The molecule has 0 radical (unpaired) electrons. The smallest absolute Gasteiger partial charge is 0.270 e. The summed E-state index contributed by atoms with van der Waals surface area (Å²) in [6.45, 7) is 2.15. The molecule has 4 heterocycles. The van der Waals surface area contributed by atoms with Crippen LogP contribution in [0.4, 0.5) is 5.69 Å². The van der Waals surface area contributed by atoms with Gasteiger partial charge in [-0.2, -0.15) is 10.2 Å². The maximum absolute atomic E-state index is 12.4. The number of carbonyl (C=O) groups is 1. The minimum absolute atomic E-state index is 0.0644. The molecule has 8 heteroatoms. The van der Waals surface area contributed by atoms with E-state index in [1.807, 2.05) is 25.6 Å². The summed E-state index contributed by atoms with van der Waals surface area (Å²) in [6.07, 6.45) is 9.73. The number of halogens is 1. The Labute approximate surface area is 185 Å². The second-order valence-electron chi connectivity index (χ2n) is 8.29. The lowest BCUT2D eigenvalue weighted by Gasteiger charge is -2.41. The Hall–Kier alpha value is -3.06. The number of aromatic nitrogens is 3. The van der Waals surface area contributed by atoms with Gasteiger partial charge >= 0.3 is 0 Å². The Morgan fingerprint density at radius 3 is 2.39 bits per heavy atom. The van der Waals surface area contributed by atoms with Gasteiger partial charge in [0.1, 0.15) is 0 Å². The summed E-state index contributed by atoms with van der Waals surface area (Å²) in [6, 6.07) is 8.37. The van der Waals surface area contributed by atoms with Gasteiger partial charge < -0.3 is 4.90 Å². The molecule has 1 amide bonds. The minimum atomic E-state index is -0.358. The predicted octanol–water partition coefficient (Wildman–Crippen LogP) is 4.77. The maximum Gasteiger partial charge on any atom is 0.270 e. The summed E-state index contributed by atoms with van der Waals surface area (Å²) in [7, 11) is 1.91. The maximum atomic E-state index is 12.4. The van der Waals surface area contributed by atoms with Crippen molar-refractivity contribution in [2.24, 2.45) is 22.7 Å². The molecule has 2 aliphatic rings. The van der Waals surface area contributed by atoms with E-state index in [9.17, 15) is 4.79 Å². The fraction of sp³-hybridized carbons (Fsp3) is 0.348. The van der Waals surface area contributed by atoms with Crippen molar-refractivity contribution >= 4 is 23.2 Å². The monoisotopic (exact) mass is 434 g/mol. The van der Waals surface area contributed by atoms with E-state index in [2.05, 4.69) is 49.5 Å². The molecular formula is C23H23ClN6O. The number of anilines is 1. The quantitative estimate of drug-likeness (QED) is 0.594. The van der Waals surface area contributed by atoms with Crippen molar-refractivity contribution in [1.82, 2.24) is 14.8 Å². The zero-order chi connectivity index (χ0) is 21.4. The topological polar surface area (TPSA) is 75.7 Å². The largest absolute Gasteiger partial charge is 0.370 e. The van der Waals surface area contributed by atoms with E-state index >= 15 is 0 Å². The lowest BCUT2D eigenvalue weighted by molar-refractivity contribution is -0.130. The minimum Gasteiger partial charge on any atom is -0.370 e. The van der Waals surface area contributed by atoms with E-state index in [4.69, 9.17) is 11.6 Å². The van der Waals surface area contributed by atoms with Crippen LogP contribution in [0.25, 0.3) is 22.3 Å². The van der Waals surface area contributed by atoms with Crippen LogP contribution in [-0.4, -0.2) is 40.3 Å². The second-order valence-corrected chi connectivity index (χ2v) is 8.69. The summed E-state index contributed by atoms with van der Waals surface area (Å²) in [5.74, 6) is -0.0644. The number of piperidine rings is 1. The third-order valence-corrected chi connectivity index (χ3v) is 6.73. The fourth-order valence-electron chi connectivity index (χ4n) is 4.59. The van der Waals surface area contributed by atoms with Crippen molar-refractivity contribution in [3.05, 3.63) is 54.1 Å². The Balaban J connectivity index is 1.43. The number of rotatable bonds is 3. The first-order chi connectivity index (χ1) is 15.1. The molecule has 31 heavy (non-hydrogen) atoms. The van der Waals surface area contributed by atoms with Gasteiger partial charge in [-0.3, -0.25) is 14.5 Å². The zero-order valence-electron chi connectivity index (χ0n) is 17.3. The van der Waals surface area contributed by atoms with Gasteiger partial charge in [-0.1, -0.05) is 35.9 Å². The summed E-state index contributed by atoms with van der Waals surface area (Å²) in [5, 5.41) is 12.6. The summed E-state index contributed by atoms with van der Waals surface area (Å²) in [4.78, 5) is 19.0. The first kappa shape index (κ1) is 19.9. The van der Waals surface area contributed by atoms with Crippen molar-refractivity contribution in [3.8, 4) is 22.3 Å². The number of hydrogen-bond acceptors (Lipinski definition) is 5. The Morgan fingerprint density at radius 1 is 0.968 bits per heavy atom. The van der Waals surface area contributed by atoms with Crippen LogP contribution in [0.15, 0.2) is 59.3 Å². The van der Waals surface area contributed by atoms with Crippen molar-refractivity contribution < 1.29 is 4.79 Å². The van der Waals surface area contributed by atoms with Gasteiger partial charge in [0, 0.05) is 49.9 Å². The number of azo groups is 1. The highest BCUT2D eigenvalue weighted by atomic mass is 35.5. The average molecular weight is 435 g/mol. The van der Waals surface area contributed by atoms with E-state index in [1.54, 1.807) is 10.9 Å². The van der Waals surface area contributed by atoms with Crippen LogP contribution in [0.2, 0.25) is 5.02 Å². The van der Waals surface area contributed by atoms with Gasteiger partial charge in [0.05, 0.1) is 28.9 Å². The van der Waals surface area contributed by atoms with Crippen LogP contribution in [0.5, 0.6) is 0 Å². The third kappa shape index (κ3) is 3.63. The average Bonchev–Trinajstić information content (AvgIpc) is 3.23. The zero-order valence-corrected chi connectivity index (χ0v) is 18.1.